The molecular weight excluding hydrogens is 316 g/mol. The second-order valence-corrected chi connectivity index (χ2v) is 6.76. The van der Waals surface area contributed by atoms with Crippen LogP contribution in [-0.2, 0) is 16.1 Å². The Hall–Kier alpha value is -2.22. The number of furan rings is 1. The van der Waals surface area contributed by atoms with E-state index in [2.05, 4.69) is 15.5 Å². The number of hydrogen-bond donors (Lipinski definition) is 1. The van der Waals surface area contributed by atoms with Crippen molar-refractivity contribution in [2.24, 2.45) is 5.92 Å². The Balaban J connectivity index is 2.12. The summed E-state index contributed by atoms with van der Waals surface area (Å²) in [5.41, 5.74) is 0. The number of hydrogen-bond acceptors (Lipinski definition) is 6. The maximum atomic E-state index is 12.6. The van der Waals surface area contributed by atoms with Crippen molar-refractivity contribution in [1.29, 1.82) is 0 Å². The van der Waals surface area contributed by atoms with Gasteiger partial charge in [0.25, 0.3) is 0 Å². The topological polar surface area (TPSA) is 88.3 Å². The van der Waals surface area contributed by atoms with Crippen molar-refractivity contribution < 1.29 is 14.0 Å². The van der Waals surface area contributed by atoms with Crippen LogP contribution in [0.25, 0.3) is 0 Å². The minimum absolute atomic E-state index is 0.116. The number of carbonyl (C=O) groups excluding carboxylic acids is 2. The van der Waals surface area contributed by atoms with Gasteiger partial charge < -0.3 is 9.32 Å². The molecule has 2 heterocycles. The third-order valence-corrected chi connectivity index (χ3v) is 4.32. The van der Waals surface area contributed by atoms with Crippen molar-refractivity contribution in [1.82, 2.24) is 15.1 Å². The Labute approximate surface area is 138 Å². The second kappa shape index (κ2) is 7.36. The molecule has 2 amide bonds. The van der Waals surface area contributed by atoms with E-state index in [9.17, 15) is 9.59 Å². The number of amides is 2. The number of aryl methyl sites for hydroxylation is 1. The second-order valence-electron chi connectivity index (χ2n) is 5.58. The van der Waals surface area contributed by atoms with Crippen LogP contribution in [0.4, 0.5) is 5.13 Å². The molecule has 0 aliphatic heterocycles. The molecule has 7 nitrogen and oxygen atoms in total. The van der Waals surface area contributed by atoms with Gasteiger partial charge in [0.05, 0.1) is 12.8 Å². The van der Waals surface area contributed by atoms with Crippen LogP contribution in [0.2, 0.25) is 0 Å². The van der Waals surface area contributed by atoms with Gasteiger partial charge in [-0.15, -0.1) is 10.2 Å². The minimum atomic E-state index is -0.722. The summed E-state index contributed by atoms with van der Waals surface area (Å²) in [6.07, 6.45) is 1.54. The first-order chi connectivity index (χ1) is 10.9. The summed E-state index contributed by atoms with van der Waals surface area (Å²) in [6.45, 7) is 7.93. The fourth-order valence-electron chi connectivity index (χ4n) is 1.96. The maximum Gasteiger partial charge on any atom is 0.315 e. The van der Waals surface area contributed by atoms with Gasteiger partial charge in [-0.25, -0.2) is 0 Å². The zero-order valence-electron chi connectivity index (χ0n) is 13.6. The molecule has 2 aromatic heterocycles. The number of anilines is 1. The smallest absolute Gasteiger partial charge is 0.315 e. The Bertz CT molecular complexity index is 666. The lowest BCUT2D eigenvalue weighted by Gasteiger charge is -2.30. The third-order valence-electron chi connectivity index (χ3n) is 3.56. The van der Waals surface area contributed by atoms with Gasteiger partial charge in [-0.2, -0.15) is 0 Å². The van der Waals surface area contributed by atoms with E-state index in [0.29, 0.717) is 10.9 Å². The lowest BCUT2D eigenvalue weighted by molar-refractivity contribution is -0.145. The molecule has 0 fully saturated rings. The van der Waals surface area contributed by atoms with Crippen LogP contribution in [-0.4, -0.2) is 33.0 Å². The first-order valence-corrected chi connectivity index (χ1v) is 8.14. The van der Waals surface area contributed by atoms with E-state index >= 15 is 0 Å². The molecule has 0 saturated carbocycles. The highest BCUT2D eigenvalue weighted by Gasteiger charge is 2.29. The van der Waals surface area contributed by atoms with Gasteiger partial charge in [-0.1, -0.05) is 25.2 Å². The van der Waals surface area contributed by atoms with Gasteiger partial charge in [0, 0.05) is 6.04 Å². The summed E-state index contributed by atoms with van der Waals surface area (Å²) in [5, 5.41) is 11.1. The summed E-state index contributed by atoms with van der Waals surface area (Å²) in [4.78, 5) is 26.3. The van der Waals surface area contributed by atoms with E-state index in [4.69, 9.17) is 4.42 Å². The number of rotatable bonds is 5. The van der Waals surface area contributed by atoms with Crippen molar-refractivity contribution in [3.8, 4) is 0 Å². The maximum absolute atomic E-state index is 12.6. The van der Waals surface area contributed by atoms with E-state index in [-0.39, 0.29) is 18.5 Å². The molecule has 0 aliphatic rings. The molecule has 8 heteroatoms. The van der Waals surface area contributed by atoms with Crippen LogP contribution in [0, 0.1) is 12.8 Å². The summed E-state index contributed by atoms with van der Waals surface area (Å²) in [6, 6.07) is 3.41. The van der Waals surface area contributed by atoms with Gasteiger partial charge in [-0.3, -0.25) is 14.9 Å². The van der Waals surface area contributed by atoms with Crippen LogP contribution < -0.4 is 5.32 Å². The van der Waals surface area contributed by atoms with E-state index in [1.54, 1.807) is 25.3 Å². The summed E-state index contributed by atoms with van der Waals surface area (Å²) in [5.74, 6) is -0.508. The number of nitrogens with one attached hydrogen (secondary N) is 1. The van der Waals surface area contributed by atoms with Crippen molar-refractivity contribution in [2.75, 3.05) is 5.32 Å². The normalized spacial score (nSPS) is 12.2. The fourth-order valence-corrected chi connectivity index (χ4v) is 2.55. The van der Waals surface area contributed by atoms with Gasteiger partial charge >= 0.3 is 11.8 Å². The Morgan fingerprint density at radius 1 is 1.35 bits per heavy atom. The molecular formula is C15H20N4O3S. The molecule has 0 aliphatic carbocycles. The summed E-state index contributed by atoms with van der Waals surface area (Å²) < 4.78 is 5.30. The van der Waals surface area contributed by atoms with Crippen LogP contribution in [0.3, 0.4) is 0 Å². The zero-order chi connectivity index (χ0) is 17.0. The highest BCUT2D eigenvalue weighted by atomic mass is 32.1. The summed E-state index contributed by atoms with van der Waals surface area (Å²) in [7, 11) is 0. The third kappa shape index (κ3) is 4.38. The van der Waals surface area contributed by atoms with Gasteiger partial charge in [0.1, 0.15) is 10.8 Å². The Morgan fingerprint density at radius 2 is 2.09 bits per heavy atom. The van der Waals surface area contributed by atoms with Crippen molar-refractivity contribution in [2.45, 2.75) is 40.3 Å². The fraction of sp³-hybridized carbons (Fsp3) is 0.467. The number of carbonyl (C=O) groups is 2. The zero-order valence-corrected chi connectivity index (χ0v) is 14.4. The first-order valence-electron chi connectivity index (χ1n) is 7.33. The highest BCUT2D eigenvalue weighted by molar-refractivity contribution is 7.15. The molecule has 1 N–H and O–H groups in total. The SMILES string of the molecule is Cc1nnc(NC(=O)C(=O)N(Cc2ccco2)C(C)C(C)C)s1. The minimum Gasteiger partial charge on any atom is -0.467 e. The lowest BCUT2D eigenvalue weighted by atomic mass is 10.0. The van der Waals surface area contributed by atoms with Crippen molar-refractivity contribution in [3.05, 3.63) is 29.2 Å². The van der Waals surface area contributed by atoms with E-state index in [1.165, 1.54) is 16.2 Å². The van der Waals surface area contributed by atoms with E-state index in [0.717, 1.165) is 5.01 Å². The van der Waals surface area contributed by atoms with Crippen LogP contribution in [0.15, 0.2) is 22.8 Å². The average Bonchev–Trinajstić information content (AvgIpc) is 3.15. The lowest BCUT2D eigenvalue weighted by Crippen LogP contribution is -2.46. The Kier molecular flexibility index (Phi) is 5.49. The molecule has 2 aromatic rings. The Morgan fingerprint density at radius 3 is 2.61 bits per heavy atom. The largest absolute Gasteiger partial charge is 0.467 e. The predicted octanol–water partition coefficient (Wildman–Crippen LogP) is 2.45. The van der Waals surface area contributed by atoms with Crippen molar-refractivity contribution >= 4 is 28.3 Å². The quantitative estimate of drug-likeness (QED) is 0.847. The molecule has 0 spiro atoms. The van der Waals surface area contributed by atoms with Crippen LogP contribution in [0.5, 0.6) is 0 Å². The van der Waals surface area contributed by atoms with E-state index < -0.39 is 11.8 Å². The first kappa shape index (κ1) is 17.1. The molecule has 0 aromatic carbocycles. The standard InChI is InChI=1S/C15H20N4O3S/c1-9(2)10(3)19(8-12-6-5-7-22-12)14(21)13(20)16-15-18-17-11(4)23-15/h5-7,9-10H,8H2,1-4H3,(H,16,18,20). The highest BCUT2D eigenvalue weighted by Crippen LogP contribution is 2.17. The molecule has 1 unspecified atom stereocenters. The molecule has 124 valence electrons. The molecule has 2 rings (SSSR count). The van der Waals surface area contributed by atoms with Gasteiger partial charge in [0.15, 0.2) is 0 Å². The molecule has 0 radical (unpaired) electrons. The molecule has 1 atom stereocenters. The summed E-state index contributed by atoms with van der Waals surface area (Å²) >= 11 is 1.22. The molecule has 23 heavy (non-hydrogen) atoms. The molecule has 0 bridgehead atoms. The predicted molar refractivity (Wildman–Crippen MR) is 86.8 cm³/mol. The number of nitrogens with zero attached hydrogens (tertiary/aromatic N) is 3. The van der Waals surface area contributed by atoms with Gasteiger partial charge in [0.2, 0.25) is 5.13 Å². The van der Waals surface area contributed by atoms with Gasteiger partial charge in [-0.05, 0) is 31.9 Å². The van der Waals surface area contributed by atoms with Crippen LogP contribution >= 0.6 is 11.3 Å². The number of aromatic nitrogens is 2. The monoisotopic (exact) mass is 336 g/mol. The average molecular weight is 336 g/mol. The molecule has 0 saturated heterocycles. The van der Waals surface area contributed by atoms with Crippen LogP contribution in [0.1, 0.15) is 31.5 Å². The van der Waals surface area contributed by atoms with E-state index in [1.807, 2.05) is 20.8 Å². The van der Waals surface area contributed by atoms with Crippen molar-refractivity contribution in [3.63, 3.8) is 0 Å².